The lowest BCUT2D eigenvalue weighted by Crippen LogP contribution is -2.02. The van der Waals surface area contributed by atoms with Gasteiger partial charge in [-0.3, -0.25) is 0 Å². The van der Waals surface area contributed by atoms with Crippen molar-refractivity contribution < 1.29 is 0 Å². The predicted molar refractivity (Wildman–Crippen MR) is 31.6 cm³/mol. The van der Waals surface area contributed by atoms with Crippen LogP contribution in [0.5, 0.6) is 0 Å². The van der Waals surface area contributed by atoms with Gasteiger partial charge >= 0.3 is 0 Å². The molecule has 0 N–H and O–H groups in total. The maximum absolute atomic E-state index is 3.96. The minimum Gasteiger partial charge on any atom is -0.312 e. The van der Waals surface area contributed by atoms with E-state index in [9.17, 15) is 0 Å². The first-order valence-corrected chi connectivity index (χ1v) is 2.85. The second kappa shape index (κ2) is 1.65. The van der Waals surface area contributed by atoms with Crippen molar-refractivity contribution in [3.05, 3.63) is 12.4 Å². The Morgan fingerprint density at radius 2 is 2.56 bits per heavy atom. The average molecular weight is 122 g/mol. The molecular formula is C5H6N4. The lowest BCUT2D eigenvalue weighted by atomic mass is 10.6. The molecule has 0 saturated carbocycles. The maximum atomic E-state index is 3.96. The van der Waals surface area contributed by atoms with E-state index >= 15 is 0 Å². The molecular weight excluding hydrogens is 116 g/mol. The Morgan fingerprint density at radius 3 is 3.44 bits per heavy atom. The third-order valence-corrected chi connectivity index (χ3v) is 1.29. The van der Waals surface area contributed by atoms with Gasteiger partial charge in [-0.05, 0) is 0 Å². The maximum Gasteiger partial charge on any atom is 0.248 e. The second-order valence-corrected chi connectivity index (χ2v) is 1.89. The number of imidazole rings is 1. The lowest BCUT2D eigenvalue weighted by molar-refractivity contribution is 0.651. The normalized spacial score (nSPS) is 15.6. The van der Waals surface area contributed by atoms with E-state index in [4.69, 9.17) is 0 Å². The van der Waals surface area contributed by atoms with E-state index in [2.05, 4.69) is 15.2 Å². The van der Waals surface area contributed by atoms with E-state index in [1.807, 2.05) is 10.8 Å². The summed E-state index contributed by atoms with van der Waals surface area (Å²) in [6.07, 6.45) is 3.65. The third-order valence-electron chi connectivity index (χ3n) is 1.29. The highest BCUT2D eigenvalue weighted by molar-refractivity contribution is 5.15. The highest BCUT2D eigenvalue weighted by Crippen LogP contribution is 2.12. The van der Waals surface area contributed by atoms with Crippen molar-refractivity contribution in [2.24, 2.45) is 10.2 Å². The molecule has 1 aliphatic heterocycles. The molecule has 0 unspecified atom stereocenters. The van der Waals surface area contributed by atoms with Gasteiger partial charge in [0, 0.05) is 18.9 Å². The van der Waals surface area contributed by atoms with Crippen molar-refractivity contribution in [3.8, 4) is 0 Å². The molecule has 1 aromatic rings. The zero-order chi connectivity index (χ0) is 6.10. The minimum atomic E-state index is 0.723. The fourth-order valence-corrected chi connectivity index (χ4v) is 0.845. The number of azo groups is 1. The van der Waals surface area contributed by atoms with Gasteiger partial charge in [0.05, 0.1) is 6.54 Å². The van der Waals surface area contributed by atoms with Crippen LogP contribution in [0, 0.1) is 0 Å². The topological polar surface area (TPSA) is 42.5 Å². The van der Waals surface area contributed by atoms with Crippen LogP contribution in [-0.2, 0) is 6.54 Å². The first-order valence-electron chi connectivity index (χ1n) is 2.85. The van der Waals surface area contributed by atoms with Crippen molar-refractivity contribution in [1.29, 1.82) is 0 Å². The van der Waals surface area contributed by atoms with E-state index in [0.29, 0.717) is 0 Å². The van der Waals surface area contributed by atoms with Gasteiger partial charge in [0.15, 0.2) is 0 Å². The van der Waals surface area contributed by atoms with E-state index in [0.717, 1.165) is 19.0 Å². The first-order chi connectivity index (χ1) is 4.47. The Labute approximate surface area is 52.2 Å². The SMILES string of the molecule is c1cn2c(n1)N=NCC2. The fourth-order valence-electron chi connectivity index (χ4n) is 0.845. The number of fused-ring (bicyclic) bond motifs is 1. The molecule has 46 valence electrons. The number of hydrogen-bond acceptors (Lipinski definition) is 3. The summed E-state index contributed by atoms with van der Waals surface area (Å²) in [6, 6.07) is 0. The predicted octanol–water partition coefficient (Wildman–Crippen LogP) is 0.980. The van der Waals surface area contributed by atoms with Crippen LogP contribution < -0.4 is 0 Å². The summed E-state index contributed by atoms with van der Waals surface area (Å²) in [6.45, 7) is 1.70. The summed E-state index contributed by atoms with van der Waals surface area (Å²) in [7, 11) is 0. The molecule has 0 aliphatic carbocycles. The van der Waals surface area contributed by atoms with Crippen LogP contribution in [0.3, 0.4) is 0 Å². The first kappa shape index (κ1) is 4.67. The number of rotatable bonds is 0. The summed E-state index contributed by atoms with van der Waals surface area (Å²) >= 11 is 0. The average Bonchev–Trinajstić information content (AvgIpc) is 2.33. The van der Waals surface area contributed by atoms with E-state index in [1.165, 1.54) is 0 Å². The number of aromatic nitrogens is 2. The highest BCUT2D eigenvalue weighted by atomic mass is 15.3. The monoisotopic (exact) mass is 122 g/mol. The van der Waals surface area contributed by atoms with Gasteiger partial charge in [-0.2, -0.15) is 5.11 Å². The Hall–Kier alpha value is -1.19. The molecule has 4 heteroatoms. The molecule has 0 aromatic carbocycles. The van der Waals surface area contributed by atoms with Crippen molar-refractivity contribution in [1.82, 2.24) is 9.55 Å². The molecule has 1 aromatic heterocycles. The lowest BCUT2D eigenvalue weighted by Gasteiger charge is -2.03. The largest absolute Gasteiger partial charge is 0.312 e. The summed E-state index contributed by atoms with van der Waals surface area (Å²) in [5.41, 5.74) is 0. The molecule has 2 heterocycles. The molecule has 0 saturated heterocycles. The molecule has 0 fully saturated rings. The molecule has 0 bridgehead atoms. The second-order valence-electron chi connectivity index (χ2n) is 1.89. The quantitative estimate of drug-likeness (QED) is 0.505. The molecule has 9 heavy (non-hydrogen) atoms. The summed E-state index contributed by atoms with van der Waals surface area (Å²) < 4.78 is 1.98. The van der Waals surface area contributed by atoms with Gasteiger partial charge in [-0.25, -0.2) is 4.98 Å². The third kappa shape index (κ3) is 0.630. The zero-order valence-electron chi connectivity index (χ0n) is 4.86. The van der Waals surface area contributed by atoms with Crippen molar-refractivity contribution in [2.45, 2.75) is 6.54 Å². The Bertz CT molecular complexity index is 237. The van der Waals surface area contributed by atoms with Crippen molar-refractivity contribution in [2.75, 3.05) is 6.54 Å². The van der Waals surface area contributed by atoms with Gasteiger partial charge in [0.25, 0.3) is 0 Å². The number of nitrogens with zero attached hydrogens (tertiary/aromatic N) is 4. The van der Waals surface area contributed by atoms with Crippen molar-refractivity contribution in [3.63, 3.8) is 0 Å². The Kier molecular flexibility index (Phi) is 0.855. The molecule has 1 aliphatic rings. The van der Waals surface area contributed by atoms with Crippen molar-refractivity contribution >= 4 is 5.95 Å². The molecule has 0 amide bonds. The molecule has 0 spiro atoms. The van der Waals surface area contributed by atoms with Crippen LogP contribution in [-0.4, -0.2) is 16.1 Å². The molecule has 4 nitrogen and oxygen atoms in total. The fraction of sp³-hybridized carbons (Fsp3) is 0.400. The van der Waals surface area contributed by atoms with E-state index in [1.54, 1.807) is 6.20 Å². The molecule has 0 atom stereocenters. The minimum absolute atomic E-state index is 0.723. The van der Waals surface area contributed by atoms with E-state index < -0.39 is 0 Å². The van der Waals surface area contributed by atoms with Crippen LogP contribution in [0.1, 0.15) is 0 Å². The van der Waals surface area contributed by atoms with Gasteiger partial charge < -0.3 is 4.57 Å². The summed E-state index contributed by atoms with van der Waals surface area (Å²) in [5.74, 6) is 0.723. The highest BCUT2D eigenvalue weighted by Gasteiger charge is 2.03. The molecule has 2 rings (SSSR count). The standard InChI is InChI=1S/C5H6N4/c1-3-9-4-2-7-8-5(9)6-1/h1,3H,2,4H2. The van der Waals surface area contributed by atoms with Crippen LogP contribution in [0.4, 0.5) is 5.95 Å². The van der Waals surface area contributed by atoms with Crippen LogP contribution in [0.2, 0.25) is 0 Å². The summed E-state index contributed by atoms with van der Waals surface area (Å²) in [5, 5.41) is 7.66. The Morgan fingerprint density at radius 1 is 1.56 bits per heavy atom. The molecule has 0 radical (unpaired) electrons. The summed E-state index contributed by atoms with van der Waals surface area (Å²) in [4.78, 5) is 3.96. The zero-order valence-corrected chi connectivity index (χ0v) is 4.86. The van der Waals surface area contributed by atoms with Gasteiger partial charge in [0.1, 0.15) is 0 Å². The smallest absolute Gasteiger partial charge is 0.248 e. The van der Waals surface area contributed by atoms with Crippen LogP contribution in [0.25, 0.3) is 0 Å². The van der Waals surface area contributed by atoms with Crippen LogP contribution in [0.15, 0.2) is 22.6 Å². The van der Waals surface area contributed by atoms with Gasteiger partial charge in [-0.1, -0.05) is 0 Å². The van der Waals surface area contributed by atoms with Crippen LogP contribution >= 0.6 is 0 Å². The number of hydrogen-bond donors (Lipinski definition) is 0. The van der Waals surface area contributed by atoms with E-state index in [-0.39, 0.29) is 0 Å². The Balaban J connectivity index is 2.53. The van der Waals surface area contributed by atoms with Gasteiger partial charge in [0.2, 0.25) is 5.95 Å². The van der Waals surface area contributed by atoms with Gasteiger partial charge in [-0.15, -0.1) is 5.11 Å².